The van der Waals surface area contributed by atoms with Crippen molar-refractivity contribution in [1.29, 1.82) is 0 Å². The summed E-state index contributed by atoms with van der Waals surface area (Å²) in [6, 6.07) is 20.6. The van der Waals surface area contributed by atoms with Crippen LogP contribution in [-0.4, -0.2) is 17.6 Å². The van der Waals surface area contributed by atoms with Gasteiger partial charge in [0, 0.05) is 22.0 Å². The van der Waals surface area contributed by atoms with Gasteiger partial charge in [0.25, 0.3) is 5.91 Å². The molecule has 0 aliphatic carbocycles. The van der Waals surface area contributed by atoms with E-state index in [0.29, 0.717) is 22.2 Å². The maximum absolute atomic E-state index is 13.5. The third-order valence-electron chi connectivity index (χ3n) is 5.36. The Hall–Kier alpha value is -2.56. The summed E-state index contributed by atoms with van der Waals surface area (Å²) in [4.78, 5) is 13.1. The summed E-state index contributed by atoms with van der Waals surface area (Å²) in [5.74, 6) is -0.0677. The van der Waals surface area contributed by atoms with Gasteiger partial charge in [-0.15, -0.1) is 0 Å². The van der Waals surface area contributed by atoms with E-state index in [1.54, 1.807) is 50.2 Å². The molecule has 0 saturated carbocycles. The lowest BCUT2D eigenvalue weighted by Crippen LogP contribution is -2.51. The first-order chi connectivity index (χ1) is 15.1. The first kappa shape index (κ1) is 24.1. The second-order valence-corrected chi connectivity index (χ2v) is 9.19. The molecule has 0 unspecified atom stereocenters. The lowest BCUT2D eigenvalue weighted by molar-refractivity contribution is -0.135. The molecule has 0 heterocycles. The quantitative estimate of drug-likeness (QED) is 0.389. The van der Waals surface area contributed by atoms with Crippen molar-refractivity contribution >= 4 is 29.1 Å². The minimum atomic E-state index is -1.10. The molecule has 6 heteroatoms. The lowest BCUT2D eigenvalue weighted by Gasteiger charge is -2.31. The van der Waals surface area contributed by atoms with Crippen LogP contribution in [-0.2, 0) is 11.2 Å². The molecule has 2 atom stereocenters. The van der Waals surface area contributed by atoms with Gasteiger partial charge in [-0.05, 0) is 86.8 Å². The summed E-state index contributed by atoms with van der Waals surface area (Å²) in [5, 5.41) is 4.34. The fraction of sp³-hybridized carbons (Fsp3) is 0.269. The lowest BCUT2D eigenvalue weighted by atomic mass is 9.86. The predicted octanol–water partition coefficient (Wildman–Crippen LogP) is 6.82. The highest BCUT2D eigenvalue weighted by molar-refractivity contribution is 6.30. The van der Waals surface area contributed by atoms with Crippen LogP contribution < -0.4 is 10.1 Å². The van der Waals surface area contributed by atoms with Crippen molar-refractivity contribution in [2.75, 3.05) is 0 Å². The number of carbonyl (C=O) groups is 1. The maximum atomic E-state index is 13.5. The minimum Gasteiger partial charge on any atom is -0.478 e. The van der Waals surface area contributed by atoms with Crippen molar-refractivity contribution in [3.8, 4) is 5.75 Å². The van der Waals surface area contributed by atoms with Crippen LogP contribution >= 0.6 is 23.2 Å². The summed E-state index contributed by atoms with van der Waals surface area (Å²) in [5.41, 5.74) is 0.905. The van der Waals surface area contributed by atoms with Gasteiger partial charge in [-0.3, -0.25) is 4.79 Å². The highest BCUT2D eigenvalue weighted by Gasteiger charge is 2.33. The van der Waals surface area contributed by atoms with Crippen molar-refractivity contribution in [3.63, 3.8) is 0 Å². The van der Waals surface area contributed by atoms with Gasteiger partial charge in [-0.25, -0.2) is 4.39 Å². The molecule has 0 aromatic heterocycles. The van der Waals surface area contributed by atoms with Crippen molar-refractivity contribution in [2.45, 2.75) is 44.8 Å². The van der Waals surface area contributed by atoms with Gasteiger partial charge in [0.1, 0.15) is 11.6 Å². The van der Waals surface area contributed by atoms with E-state index in [-0.39, 0.29) is 23.7 Å². The number of hydrogen-bond acceptors (Lipinski definition) is 2. The average molecular weight is 474 g/mol. The first-order valence-corrected chi connectivity index (χ1v) is 11.1. The van der Waals surface area contributed by atoms with Gasteiger partial charge >= 0.3 is 0 Å². The number of nitrogens with one attached hydrogen (secondary N) is 1. The van der Waals surface area contributed by atoms with E-state index in [1.807, 2.05) is 31.2 Å². The number of rotatable bonds is 8. The number of carbonyl (C=O) groups excluding carboxylic acids is 1. The second kappa shape index (κ2) is 10.4. The molecule has 1 N–H and O–H groups in total. The van der Waals surface area contributed by atoms with Crippen molar-refractivity contribution in [1.82, 2.24) is 5.32 Å². The van der Waals surface area contributed by atoms with E-state index < -0.39 is 5.60 Å². The minimum absolute atomic E-state index is 0.0768. The monoisotopic (exact) mass is 473 g/mol. The number of hydrogen-bond donors (Lipinski definition) is 1. The third-order valence-corrected chi connectivity index (χ3v) is 5.87. The summed E-state index contributed by atoms with van der Waals surface area (Å²) in [6.45, 7) is 5.38. The smallest absolute Gasteiger partial charge is 0.263 e. The van der Waals surface area contributed by atoms with Gasteiger partial charge in [0.05, 0.1) is 0 Å². The standard InChI is InChI=1S/C26H26Cl2FNO2/c1-17(30-25(31)26(2,3)32-23-14-10-21(28)11-15-23)24(19-6-12-22(29)13-7-19)16-18-4-8-20(27)9-5-18/h4-15,17,24H,16H2,1-3H3,(H,30,31)/t17-,24+/m0/s1. The molecule has 0 radical (unpaired) electrons. The molecule has 0 bridgehead atoms. The Morgan fingerprint density at radius 3 is 2.03 bits per heavy atom. The number of halogens is 3. The maximum Gasteiger partial charge on any atom is 0.263 e. The molecule has 3 rings (SSSR count). The number of amides is 1. The Morgan fingerprint density at radius 2 is 1.47 bits per heavy atom. The van der Waals surface area contributed by atoms with E-state index in [4.69, 9.17) is 27.9 Å². The topological polar surface area (TPSA) is 38.3 Å². The Morgan fingerprint density at radius 1 is 0.938 bits per heavy atom. The molecule has 1 amide bonds. The molecule has 3 aromatic carbocycles. The molecule has 168 valence electrons. The van der Waals surface area contributed by atoms with Crippen molar-refractivity contribution in [2.24, 2.45) is 0 Å². The number of benzene rings is 3. The molecule has 0 fully saturated rings. The fourth-order valence-electron chi connectivity index (χ4n) is 3.49. The van der Waals surface area contributed by atoms with E-state index in [1.165, 1.54) is 12.1 Å². The second-order valence-electron chi connectivity index (χ2n) is 8.32. The Labute approximate surface area is 198 Å². The van der Waals surface area contributed by atoms with Crippen LogP contribution in [0.2, 0.25) is 10.0 Å². The predicted molar refractivity (Wildman–Crippen MR) is 128 cm³/mol. The zero-order chi connectivity index (χ0) is 23.3. The largest absolute Gasteiger partial charge is 0.478 e. The van der Waals surface area contributed by atoms with E-state index in [0.717, 1.165) is 11.1 Å². The van der Waals surface area contributed by atoms with E-state index in [9.17, 15) is 9.18 Å². The van der Waals surface area contributed by atoms with Gasteiger partial charge in [-0.2, -0.15) is 0 Å². The average Bonchev–Trinajstić information content (AvgIpc) is 2.75. The molecular weight excluding hydrogens is 448 g/mol. The molecule has 0 spiro atoms. The molecule has 32 heavy (non-hydrogen) atoms. The summed E-state index contributed by atoms with van der Waals surface area (Å²) < 4.78 is 19.4. The third kappa shape index (κ3) is 6.47. The van der Waals surface area contributed by atoms with Crippen LogP contribution in [0, 0.1) is 5.82 Å². The van der Waals surface area contributed by atoms with Crippen LogP contribution in [0.3, 0.4) is 0 Å². The van der Waals surface area contributed by atoms with Crippen LogP contribution in [0.25, 0.3) is 0 Å². The van der Waals surface area contributed by atoms with Crippen LogP contribution in [0.5, 0.6) is 5.75 Å². The molecule has 0 aliphatic heterocycles. The van der Waals surface area contributed by atoms with Gasteiger partial charge < -0.3 is 10.1 Å². The molecule has 3 nitrogen and oxygen atoms in total. The normalized spacial score (nSPS) is 13.3. The Balaban J connectivity index is 1.77. The van der Waals surface area contributed by atoms with Crippen molar-refractivity contribution in [3.05, 3.63) is 99.8 Å². The van der Waals surface area contributed by atoms with Crippen LogP contribution in [0.1, 0.15) is 37.8 Å². The first-order valence-electron chi connectivity index (χ1n) is 10.4. The van der Waals surface area contributed by atoms with Gasteiger partial charge in [0.15, 0.2) is 5.60 Å². The fourth-order valence-corrected chi connectivity index (χ4v) is 3.74. The Kier molecular flexibility index (Phi) is 7.81. The Bertz CT molecular complexity index is 1030. The van der Waals surface area contributed by atoms with E-state index >= 15 is 0 Å². The highest BCUT2D eigenvalue weighted by atomic mass is 35.5. The zero-order valence-corrected chi connectivity index (χ0v) is 19.8. The summed E-state index contributed by atoms with van der Waals surface area (Å²) >= 11 is 11.9. The van der Waals surface area contributed by atoms with Crippen LogP contribution in [0.15, 0.2) is 72.8 Å². The summed E-state index contributed by atoms with van der Waals surface area (Å²) in [7, 11) is 0. The van der Waals surface area contributed by atoms with Crippen molar-refractivity contribution < 1.29 is 13.9 Å². The molecule has 3 aromatic rings. The highest BCUT2D eigenvalue weighted by Crippen LogP contribution is 2.27. The molecule has 0 aliphatic rings. The zero-order valence-electron chi connectivity index (χ0n) is 18.2. The molecule has 0 saturated heterocycles. The SMILES string of the molecule is C[C@H](NC(=O)C(C)(C)Oc1ccc(Cl)cc1)[C@@H](Cc1ccc(Cl)cc1)c1ccc(F)cc1. The van der Waals surface area contributed by atoms with Crippen LogP contribution in [0.4, 0.5) is 4.39 Å². The number of ether oxygens (including phenoxy) is 1. The van der Waals surface area contributed by atoms with E-state index in [2.05, 4.69) is 5.32 Å². The van der Waals surface area contributed by atoms with Gasteiger partial charge in [0.2, 0.25) is 0 Å². The summed E-state index contributed by atoms with van der Waals surface area (Å²) in [6.07, 6.45) is 0.655. The van der Waals surface area contributed by atoms with Gasteiger partial charge in [-0.1, -0.05) is 47.5 Å². The molecular formula is C26H26Cl2FNO2.